The number of ketones is 1. The average molecular weight is 271 g/mol. The molecule has 0 fully saturated rings. The minimum atomic E-state index is -0.339. The number of rotatable bonds is 5. The normalized spacial score (nSPS) is 12.5. The number of nitrogens with two attached hydrogens (primary N) is 1. The summed E-state index contributed by atoms with van der Waals surface area (Å²) in [5, 5.41) is 0. The molecule has 0 aliphatic rings. The molecule has 15 heavy (non-hydrogen) atoms. The zero-order valence-electron chi connectivity index (χ0n) is 8.74. The molecule has 0 radical (unpaired) electrons. The molecule has 1 aromatic heterocycles. The van der Waals surface area contributed by atoms with Gasteiger partial charge in [0.1, 0.15) is 0 Å². The Balaban J connectivity index is 2.58. The van der Waals surface area contributed by atoms with Crippen molar-refractivity contribution in [1.29, 1.82) is 0 Å². The van der Waals surface area contributed by atoms with Crippen molar-refractivity contribution in [2.24, 2.45) is 5.73 Å². The van der Waals surface area contributed by atoms with Gasteiger partial charge in [0, 0.05) is 23.3 Å². The Morgan fingerprint density at radius 3 is 2.93 bits per heavy atom. The molecule has 0 bridgehead atoms. The quantitative estimate of drug-likeness (QED) is 0.892. The number of pyridine rings is 1. The monoisotopic (exact) mass is 270 g/mol. The molecule has 0 aliphatic heterocycles. The van der Waals surface area contributed by atoms with Gasteiger partial charge in [0.25, 0.3) is 0 Å². The van der Waals surface area contributed by atoms with Gasteiger partial charge in [-0.1, -0.05) is 13.3 Å². The third-order valence-corrected chi connectivity index (χ3v) is 2.59. The van der Waals surface area contributed by atoms with Crippen LogP contribution < -0.4 is 5.73 Å². The van der Waals surface area contributed by atoms with Gasteiger partial charge in [0.15, 0.2) is 5.78 Å². The molecular formula is C11H15BrN2O. The zero-order valence-corrected chi connectivity index (χ0v) is 10.3. The summed E-state index contributed by atoms with van der Waals surface area (Å²) in [4.78, 5) is 15.6. The fourth-order valence-corrected chi connectivity index (χ4v) is 1.77. The lowest BCUT2D eigenvalue weighted by atomic mass is 10.0. The molecule has 0 aromatic carbocycles. The van der Waals surface area contributed by atoms with E-state index in [9.17, 15) is 4.79 Å². The second-order valence-corrected chi connectivity index (χ2v) is 4.47. The van der Waals surface area contributed by atoms with Crippen molar-refractivity contribution >= 4 is 21.7 Å². The summed E-state index contributed by atoms with van der Waals surface area (Å²) in [7, 11) is 0. The molecule has 0 aliphatic carbocycles. The standard InChI is InChI=1S/C11H15BrN2O/c1-2-3-10(13)11(15)5-8-4-9(12)7-14-6-8/h4,6-7,10H,2-3,5,13H2,1H3. The molecule has 1 atom stereocenters. The lowest BCUT2D eigenvalue weighted by Crippen LogP contribution is -2.31. The first kappa shape index (κ1) is 12.3. The van der Waals surface area contributed by atoms with Crippen LogP contribution in [0, 0.1) is 0 Å². The number of nitrogens with zero attached hydrogens (tertiary/aromatic N) is 1. The fraction of sp³-hybridized carbons (Fsp3) is 0.455. The van der Waals surface area contributed by atoms with E-state index in [2.05, 4.69) is 20.9 Å². The van der Waals surface area contributed by atoms with Gasteiger partial charge in [-0.25, -0.2) is 0 Å². The molecule has 2 N–H and O–H groups in total. The van der Waals surface area contributed by atoms with Crippen LogP contribution in [0.25, 0.3) is 0 Å². The van der Waals surface area contributed by atoms with Crippen molar-refractivity contribution in [3.63, 3.8) is 0 Å². The van der Waals surface area contributed by atoms with E-state index in [0.717, 1.165) is 22.9 Å². The van der Waals surface area contributed by atoms with Gasteiger partial charge in [-0.3, -0.25) is 9.78 Å². The van der Waals surface area contributed by atoms with E-state index in [1.54, 1.807) is 12.4 Å². The molecule has 1 unspecified atom stereocenters. The highest BCUT2D eigenvalue weighted by Gasteiger charge is 2.12. The highest BCUT2D eigenvalue weighted by Crippen LogP contribution is 2.11. The summed E-state index contributed by atoms with van der Waals surface area (Å²) in [6.07, 6.45) is 5.44. The van der Waals surface area contributed by atoms with Crippen LogP contribution in [0.15, 0.2) is 22.9 Å². The number of aromatic nitrogens is 1. The maximum absolute atomic E-state index is 11.6. The van der Waals surface area contributed by atoms with E-state index in [-0.39, 0.29) is 11.8 Å². The van der Waals surface area contributed by atoms with Gasteiger partial charge in [-0.2, -0.15) is 0 Å². The summed E-state index contributed by atoms with van der Waals surface area (Å²) in [6, 6.07) is 1.55. The van der Waals surface area contributed by atoms with Gasteiger partial charge < -0.3 is 5.73 Å². The molecule has 1 rings (SSSR count). The zero-order chi connectivity index (χ0) is 11.3. The minimum absolute atomic E-state index is 0.0803. The van der Waals surface area contributed by atoms with Crippen LogP contribution in [0.5, 0.6) is 0 Å². The minimum Gasteiger partial charge on any atom is -0.321 e. The third kappa shape index (κ3) is 4.10. The highest BCUT2D eigenvalue weighted by atomic mass is 79.9. The Hall–Kier alpha value is -0.740. The first-order valence-corrected chi connectivity index (χ1v) is 5.80. The molecule has 3 nitrogen and oxygen atoms in total. The second kappa shape index (κ2) is 5.98. The average Bonchev–Trinajstić information content (AvgIpc) is 2.18. The fourth-order valence-electron chi connectivity index (χ4n) is 1.36. The number of hydrogen-bond donors (Lipinski definition) is 1. The van der Waals surface area contributed by atoms with Gasteiger partial charge in [-0.15, -0.1) is 0 Å². The largest absolute Gasteiger partial charge is 0.321 e. The first-order chi connectivity index (χ1) is 7.13. The first-order valence-electron chi connectivity index (χ1n) is 5.01. The van der Waals surface area contributed by atoms with Gasteiger partial charge in [0.2, 0.25) is 0 Å². The van der Waals surface area contributed by atoms with E-state index in [4.69, 9.17) is 5.73 Å². The molecule has 0 saturated carbocycles. The van der Waals surface area contributed by atoms with Crippen molar-refractivity contribution < 1.29 is 4.79 Å². The summed E-state index contributed by atoms with van der Waals surface area (Å²) < 4.78 is 0.886. The summed E-state index contributed by atoms with van der Waals surface area (Å²) in [6.45, 7) is 2.02. The van der Waals surface area contributed by atoms with Crippen molar-refractivity contribution in [2.45, 2.75) is 32.2 Å². The lowest BCUT2D eigenvalue weighted by molar-refractivity contribution is -0.119. The lowest BCUT2D eigenvalue weighted by Gasteiger charge is -2.08. The molecular weight excluding hydrogens is 256 g/mol. The van der Waals surface area contributed by atoms with E-state index in [1.807, 2.05) is 13.0 Å². The van der Waals surface area contributed by atoms with E-state index in [1.165, 1.54) is 0 Å². The molecule has 4 heteroatoms. The van der Waals surface area contributed by atoms with E-state index in [0.29, 0.717) is 6.42 Å². The van der Waals surface area contributed by atoms with Crippen LogP contribution >= 0.6 is 15.9 Å². The number of carbonyl (C=O) groups excluding carboxylic acids is 1. The number of Topliss-reactive ketones (excluding diaryl/α,β-unsaturated/α-hetero) is 1. The molecule has 0 amide bonds. The maximum atomic E-state index is 11.6. The molecule has 0 saturated heterocycles. The van der Waals surface area contributed by atoms with Crippen molar-refractivity contribution in [1.82, 2.24) is 4.98 Å². The smallest absolute Gasteiger partial charge is 0.153 e. The molecule has 0 spiro atoms. The van der Waals surface area contributed by atoms with Crippen LogP contribution in [-0.4, -0.2) is 16.8 Å². The third-order valence-electron chi connectivity index (χ3n) is 2.15. The highest BCUT2D eigenvalue weighted by molar-refractivity contribution is 9.10. The predicted molar refractivity (Wildman–Crippen MR) is 63.5 cm³/mol. The Bertz CT molecular complexity index is 341. The Kier molecular flexibility index (Phi) is 4.91. The van der Waals surface area contributed by atoms with Crippen LogP contribution in [-0.2, 0) is 11.2 Å². The van der Waals surface area contributed by atoms with Gasteiger partial charge in [0.05, 0.1) is 6.04 Å². The summed E-state index contributed by atoms with van der Waals surface area (Å²) >= 11 is 3.31. The van der Waals surface area contributed by atoms with Crippen molar-refractivity contribution in [3.8, 4) is 0 Å². The summed E-state index contributed by atoms with van der Waals surface area (Å²) in [5.41, 5.74) is 6.64. The van der Waals surface area contributed by atoms with Crippen molar-refractivity contribution in [2.75, 3.05) is 0 Å². The van der Waals surface area contributed by atoms with Crippen LogP contribution in [0.3, 0.4) is 0 Å². The van der Waals surface area contributed by atoms with Crippen LogP contribution in [0.1, 0.15) is 25.3 Å². The summed E-state index contributed by atoms with van der Waals surface area (Å²) in [5.74, 6) is 0.0803. The molecule has 1 heterocycles. The van der Waals surface area contributed by atoms with E-state index < -0.39 is 0 Å². The van der Waals surface area contributed by atoms with E-state index >= 15 is 0 Å². The SMILES string of the molecule is CCCC(N)C(=O)Cc1cncc(Br)c1. The molecule has 82 valence electrons. The number of carbonyl (C=O) groups is 1. The maximum Gasteiger partial charge on any atom is 0.153 e. The topological polar surface area (TPSA) is 56.0 Å². The number of hydrogen-bond acceptors (Lipinski definition) is 3. The predicted octanol–water partition coefficient (Wildman–Crippen LogP) is 2.08. The Morgan fingerprint density at radius 1 is 1.60 bits per heavy atom. The Labute approximate surface area is 98.2 Å². The van der Waals surface area contributed by atoms with Crippen LogP contribution in [0.4, 0.5) is 0 Å². The molecule has 1 aromatic rings. The van der Waals surface area contributed by atoms with Crippen molar-refractivity contribution in [3.05, 3.63) is 28.5 Å². The van der Waals surface area contributed by atoms with Crippen LogP contribution in [0.2, 0.25) is 0 Å². The Morgan fingerprint density at radius 2 is 2.33 bits per heavy atom. The second-order valence-electron chi connectivity index (χ2n) is 3.55. The number of halogens is 1. The van der Waals surface area contributed by atoms with Gasteiger partial charge in [-0.05, 0) is 34.0 Å². The van der Waals surface area contributed by atoms with Gasteiger partial charge >= 0.3 is 0 Å².